The molecule has 8 heteroatoms. The van der Waals surface area contributed by atoms with Crippen molar-refractivity contribution >= 4 is 40.1 Å². The second-order valence-corrected chi connectivity index (χ2v) is 6.62. The van der Waals surface area contributed by atoms with Crippen molar-refractivity contribution in [3.63, 3.8) is 0 Å². The van der Waals surface area contributed by atoms with Crippen LogP contribution in [0.15, 0.2) is 60.8 Å². The van der Waals surface area contributed by atoms with Gasteiger partial charge in [-0.05, 0) is 36.4 Å². The molecular weight excluding hydrogens is 376 g/mol. The van der Waals surface area contributed by atoms with E-state index in [4.69, 9.17) is 16.6 Å². The first-order chi connectivity index (χ1) is 13.7. The molecule has 0 bridgehead atoms. The van der Waals surface area contributed by atoms with Crippen LogP contribution < -0.4 is 10.2 Å². The quantitative estimate of drug-likeness (QED) is 0.519. The Bertz CT molecular complexity index is 1080. The van der Waals surface area contributed by atoms with Gasteiger partial charge in [-0.2, -0.15) is 15.1 Å². The van der Waals surface area contributed by atoms with Crippen molar-refractivity contribution in [2.75, 3.05) is 30.4 Å². The number of hydrogen-bond acceptors (Lipinski definition) is 6. The van der Waals surface area contributed by atoms with Crippen molar-refractivity contribution in [2.24, 2.45) is 0 Å². The highest BCUT2D eigenvalue weighted by molar-refractivity contribution is 6.30. The van der Waals surface area contributed by atoms with Gasteiger partial charge in [-0.15, -0.1) is 0 Å². The van der Waals surface area contributed by atoms with Crippen LogP contribution in [-0.2, 0) is 0 Å². The number of aliphatic hydroxyl groups is 1. The summed E-state index contributed by atoms with van der Waals surface area (Å²) in [6.07, 6.45) is 1.72. The maximum Gasteiger partial charge on any atom is 0.233 e. The minimum Gasteiger partial charge on any atom is -0.395 e. The largest absolute Gasteiger partial charge is 0.395 e. The average Bonchev–Trinajstić information content (AvgIpc) is 3.17. The number of benzene rings is 2. The molecule has 2 aromatic heterocycles. The number of hydrogen-bond donors (Lipinski definition) is 2. The van der Waals surface area contributed by atoms with Crippen LogP contribution in [0, 0.1) is 0 Å². The van der Waals surface area contributed by atoms with Gasteiger partial charge in [0.05, 0.1) is 23.9 Å². The molecule has 2 heterocycles. The van der Waals surface area contributed by atoms with Crippen LogP contribution in [0.25, 0.3) is 16.7 Å². The molecule has 142 valence electrons. The molecule has 0 atom stereocenters. The third kappa shape index (κ3) is 3.49. The Balaban J connectivity index is 1.86. The molecule has 4 rings (SSSR count). The Labute approximate surface area is 167 Å². The number of aliphatic hydroxyl groups excluding tert-OH is 1. The summed E-state index contributed by atoms with van der Waals surface area (Å²) in [5.74, 6) is 1.15. The number of aromatic nitrogens is 4. The summed E-state index contributed by atoms with van der Waals surface area (Å²) in [7, 11) is 1.91. The highest BCUT2D eigenvalue weighted by Crippen LogP contribution is 2.28. The topological polar surface area (TPSA) is 79.1 Å². The number of fused-ring (bicyclic) bond motifs is 1. The molecule has 2 N–H and O–H groups in total. The third-order valence-electron chi connectivity index (χ3n) is 4.34. The predicted octanol–water partition coefficient (Wildman–Crippen LogP) is 3.64. The molecule has 2 aromatic carbocycles. The van der Waals surface area contributed by atoms with Crippen LogP contribution in [0.2, 0.25) is 5.02 Å². The van der Waals surface area contributed by atoms with E-state index < -0.39 is 0 Å². The SMILES string of the molecule is CN(c1ccccc1)c1nc(NCCO)c2cnn(-c3ccc(Cl)cc3)c2n1. The van der Waals surface area contributed by atoms with E-state index in [1.165, 1.54) is 0 Å². The first-order valence-corrected chi connectivity index (χ1v) is 9.20. The molecule has 0 aliphatic heterocycles. The van der Waals surface area contributed by atoms with Crippen molar-refractivity contribution in [2.45, 2.75) is 0 Å². The molecule has 0 spiro atoms. The Morgan fingerprint density at radius 3 is 2.54 bits per heavy atom. The van der Waals surface area contributed by atoms with Crippen molar-refractivity contribution in [3.05, 3.63) is 65.8 Å². The number of rotatable bonds is 6. The molecule has 0 amide bonds. The highest BCUT2D eigenvalue weighted by atomic mass is 35.5. The van der Waals surface area contributed by atoms with Crippen molar-refractivity contribution in [1.82, 2.24) is 19.7 Å². The number of nitrogens with one attached hydrogen (secondary N) is 1. The van der Waals surface area contributed by atoms with Gasteiger partial charge in [0.15, 0.2) is 5.65 Å². The van der Waals surface area contributed by atoms with E-state index in [-0.39, 0.29) is 6.61 Å². The van der Waals surface area contributed by atoms with E-state index in [1.54, 1.807) is 10.9 Å². The van der Waals surface area contributed by atoms with Crippen LogP contribution in [0.4, 0.5) is 17.5 Å². The molecule has 0 fully saturated rings. The van der Waals surface area contributed by atoms with Gasteiger partial charge in [0.2, 0.25) is 5.95 Å². The molecule has 0 saturated carbocycles. The van der Waals surface area contributed by atoms with E-state index >= 15 is 0 Å². The number of nitrogens with zero attached hydrogens (tertiary/aromatic N) is 5. The van der Waals surface area contributed by atoms with E-state index in [2.05, 4.69) is 15.4 Å². The summed E-state index contributed by atoms with van der Waals surface area (Å²) in [6.45, 7) is 0.382. The Kier molecular flexibility index (Phi) is 5.10. The van der Waals surface area contributed by atoms with Crippen LogP contribution in [-0.4, -0.2) is 45.1 Å². The fourth-order valence-electron chi connectivity index (χ4n) is 2.89. The van der Waals surface area contributed by atoms with E-state index in [1.807, 2.05) is 66.5 Å². The molecular formula is C20H19ClN6O. The summed E-state index contributed by atoms with van der Waals surface area (Å²) in [4.78, 5) is 11.3. The van der Waals surface area contributed by atoms with Crippen molar-refractivity contribution in [1.29, 1.82) is 0 Å². The molecule has 7 nitrogen and oxygen atoms in total. The fourth-order valence-corrected chi connectivity index (χ4v) is 3.02. The van der Waals surface area contributed by atoms with Crippen LogP contribution >= 0.6 is 11.6 Å². The van der Waals surface area contributed by atoms with E-state index in [9.17, 15) is 5.11 Å². The Morgan fingerprint density at radius 2 is 1.82 bits per heavy atom. The highest BCUT2D eigenvalue weighted by Gasteiger charge is 2.16. The first kappa shape index (κ1) is 18.2. The minimum atomic E-state index is 0.000670. The molecule has 0 aliphatic rings. The van der Waals surface area contributed by atoms with Crippen LogP contribution in [0.3, 0.4) is 0 Å². The summed E-state index contributed by atoms with van der Waals surface area (Å²) in [5.41, 5.74) is 2.47. The monoisotopic (exact) mass is 394 g/mol. The zero-order chi connectivity index (χ0) is 19.5. The Hall–Kier alpha value is -3.16. The van der Waals surface area contributed by atoms with Gasteiger partial charge in [0.25, 0.3) is 0 Å². The lowest BCUT2D eigenvalue weighted by molar-refractivity contribution is 0.311. The van der Waals surface area contributed by atoms with Gasteiger partial charge in [0, 0.05) is 24.3 Å². The lowest BCUT2D eigenvalue weighted by atomic mass is 10.3. The molecule has 4 aromatic rings. The van der Waals surface area contributed by atoms with Gasteiger partial charge >= 0.3 is 0 Å². The Morgan fingerprint density at radius 1 is 1.07 bits per heavy atom. The second kappa shape index (κ2) is 7.84. The molecule has 0 radical (unpaired) electrons. The van der Waals surface area contributed by atoms with Gasteiger partial charge < -0.3 is 15.3 Å². The van der Waals surface area contributed by atoms with E-state index in [0.29, 0.717) is 29.0 Å². The number of para-hydroxylation sites is 1. The summed E-state index contributed by atoms with van der Waals surface area (Å²) < 4.78 is 1.75. The zero-order valence-electron chi connectivity index (χ0n) is 15.2. The maximum atomic E-state index is 9.22. The fraction of sp³-hybridized carbons (Fsp3) is 0.150. The average molecular weight is 395 g/mol. The maximum absolute atomic E-state index is 9.22. The van der Waals surface area contributed by atoms with Gasteiger partial charge in [0.1, 0.15) is 5.82 Å². The van der Waals surface area contributed by atoms with Gasteiger partial charge in [-0.25, -0.2) is 4.68 Å². The third-order valence-corrected chi connectivity index (χ3v) is 4.59. The van der Waals surface area contributed by atoms with Crippen molar-refractivity contribution in [3.8, 4) is 5.69 Å². The van der Waals surface area contributed by atoms with E-state index in [0.717, 1.165) is 16.8 Å². The molecule has 28 heavy (non-hydrogen) atoms. The second-order valence-electron chi connectivity index (χ2n) is 6.19. The summed E-state index contributed by atoms with van der Waals surface area (Å²) >= 11 is 6.01. The summed E-state index contributed by atoms with van der Waals surface area (Å²) in [6, 6.07) is 17.3. The molecule has 0 unspecified atom stereocenters. The molecule has 0 aliphatic carbocycles. The predicted molar refractivity (Wildman–Crippen MR) is 112 cm³/mol. The van der Waals surface area contributed by atoms with Gasteiger partial charge in [-0.3, -0.25) is 0 Å². The summed E-state index contributed by atoms with van der Waals surface area (Å²) in [5, 5.41) is 18.3. The first-order valence-electron chi connectivity index (χ1n) is 8.82. The standard InChI is InChI=1S/C20H19ClN6O/c1-26(15-5-3-2-4-6-15)20-24-18(22-11-12-28)17-13-23-27(19(17)25-20)16-9-7-14(21)8-10-16/h2-10,13,28H,11-12H2,1H3,(H,22,24,25). The smallest absolute Gasteiger partial charge is 0.233 e. The normalized spacial score (nSPS) is 11.0. The zero-order valence-corrected chi connectivity index (χ0v) is 16.0. The number of halogens is 1. The van der Waals surface area contributed by atoms with Crippen LogP contribution in [0.5, 0.6) is 0 Å². The minimum absolute atomic E-state index is 0.000670. The van der Waals surface area contributed by atoms with Crippen LogP contribution in [0.1, 0.15) is 0 Å². The number of anilines is 3. The molecule has 0 saturated heterocycles. The van der Waals surface area contributed by atoms with Gasteiger partial charge in [-0.1, -0.05) is 29.8 Å². The van der Waals surface area contributed by atoms with Crippen molar-refractivity contribution < 1.29 is 5.11 Å². The lowest BCUT2D eigenvalue weighted by Gasteiger charge is -2.18. The lowest BCUT2D eigenvalue weighted by Crippen LogP contribution is -2.16.